The summed E-state index contributed by atoms with van der Waals surface area (Å²) in [6.45, 7) is 6.02. The van der Waals surface area contributed by atoms with Crippen molar-refractivity contribution in [3.8, 4) is 0 Å². The van der Waals surface area contributed by atoms with E-state index in [-0.39, 0.29) is 11.9 Å². The van der Waals surface area contributed by atoms with Gasteiger partial charge in [0.05, 0.1) is 6.54 Å². The van der Waals surface area contributed by atoms with Crippen LogP contribution in [0.15, 0.2) is 24.3 Å². The lowest BCUT2D eigenvalue weighted by molar-refractivity contribution is -0.121. The van der Waals surface area contributed by atoms with E-state index < -0.39 is 0 Å². The molecule has 2 N–H and O–H groups in total. The Morgan fingerprint density at radius 1 is 1.32 bits per heavy atom. The fraction of sp³-hybridized carbons (Fsp3) is 0.533. The Kier molecular flexibility index (Phi) is 4.22. The van der Waals surface area contributed by atoms with Crippen LogP contribution in [0.3, 0.4) is 0 Å². The second kappa shape index (κ2) is 5.72. The van der Waals surface area contributed by atoms with Crippen LogP contribution in [-0.2, 0) is 4.79 Å². The van der Waals surface area contributed by atoms with E-state index in [0.29, 0.717) is 25.6 Å². The highest BCUT2D eigenvalue weighted by Crippen LogP contribution is 2.22. The fourth-order valence-corrected chi connectivity index (χ4v) is 2.42. The van der Waals surface area contributed by atoms with Gasteiger partial charge in [0.15, 0.2) is 0 Å². The molecule has 4 nitrogen and oxygen atoms in total. The van der Waals surface area contributed by atoms with E-state index in [1.54, 1.807) is 0 Å². The zero-order chi connectivity index (χ0) is 14.0. The molecule has 0 spiro atoms. The van der Waals surface area contributed by atoms with Crippen LogP contribution in [0.2, 0.25) is 0 Å². The third kappa shape index (κ3) is 2.96. The highest BCUT2D eigenvalue weighted by molar-refractivity contribution is 5.95. The highest BCUT2D eigenvalue weighted by atomic mass is 16.2. The van der Waals surface area contributed by atoms with Crippen molar-refractivity contribution in [3.05, 3.63) is 29.8 Å². The Labute approximate surface area is 115 Å². The Hall–Kier alpha value is -1.39. The molecule has 19 heavy (non-hydrogen) atoms. The fourth-order valence-electron chi connectivity index (χ4n) is 2.42. The van der Waals surface area contributed by atoms with Gasteiger partial charge in [0.2, 0.25) is 5.91 Å². The lowest BCUT2D eigenvalue weighted by atomic mass is 10.0. The van der Waals surface area contributed by atoms with Gasteiger partial charge in [0, 0.05) is 24.8 Å². The van der Waals surface area contributed by atoms with E-state index >= 15 is 0 Å². The SMILES string of the molecule is CC(C)c1ccc(N2CC(CN)N(C)CC2=O)cc1. The zero-order valence-corrected chi connectivity index (χ0v) is 12.0. The number of hydrogen-bond donors (Lipinski definition) is 1. The maximum Gasteiger partial charge on any atom is 0.241 e. The highest BCUT2D eigenvalue weighted by Gasteiger charge is 2.29. The summed E-state index contributed by atoms with van der Waals surface area (Å²) < 4.78 is 0. The predicted molar refractivity (Wildman–Crippen MR) is 78.4 cm³/mol. The normalized spacial score (nSPS) is 21.2. The van der Waals surface area contributed by atoms with E-state index in [2.05, 4.69) is 26.0 Å². The molecule has 1 amide bonds. The van der Waals surface area contributed by atoms with E-state index in [4.69, 9.17) is 5.73 Å². The van der Waals surface area contributed by atoms with E-state index in [1.165, 1.54) is 5.56 Å². The molecule has 1 fully saturated rings. The quantitative estimate of drug-likeness (QED) is 0.895. The number of piperazine rings is 1. The molecule has 1 atom stereocenters. The van der Waals surface area contributed by atoms with Gasteiger partial charge in [-0.2, -0.15) is 0 Å². The number of likely N-dealkylation sites (N-methyl/N-ethyl adjacent to an activating group) is 1. The monoisotopic (exact) mass is 261 g/mol. The second-order valence-electron chi connectivity index (χ2n) is 5.56. The summed E-state index contributed by atoms with van der Waals surface area (Å²) in [7, 11) is 1.95. The summed E-state index contributed by atoms with van der Waals surface area (Å²) in [6, 6.07) is 8.51. The molecule has 1 aromatic rings. The maximum absolute atomic E-state index is 12.1. The van der Waals surface area contributed by atoms with Crippen molar-refractivity contribution in [2.45, 2.75) is 25.8 Å². The minimum absolute atomic E-state index is 0.143. The molecular weight excluding hydrogens is 238 g/mol. The van der Waals surface area contributed by atoms with Crippen LogP contribution < -0.4 is 10.6 Å². The lowest BCUT2D eigenvalue weighted by Gasteiger charge is -2.38. The minimum atomic E-state index is 0.143. The van der Waals surface area contributed by atoms with Crippen molar-refractivity contribution in [1.82, 2.24) is 4.90 Å². The number of amides is 1. The van der Waals surface area contributed by atoms with Crippen LogP contribution in [0.25, 0.3) is 0 Å². The number of anilines is 1. The number of hydrogen-bond acceptors (Lipinski definition) is 3. The van der Waals surface area contributed by atoms with Crippen molar-refractivity contribution >= 4 is 11.6 Å². The summed E-state index contributed by atoms with van der Waals surface area (Å²) in [6.07, 6.45) is 0. The molecule has 1 unspecified atom stereocenters. The lowest BCUT2D eigenvalue weighted by Crippen LogP contribution is -2.57. The van der Waals surface area contributed by atoms with Gasteiger partial charge in [-0.15, -0.1) is 0 Å². The largest absolute Gasteiger partial charge is 0.329 e. The molecule has 2 rings (SSSR count). The van der Waals surface area contributed by atoms with Crippen molar-refractivity contribution in [2.75, 3.05) is 31.6 Å². The van der Waals surface area contributed by atoms with Crippen molar-refractivity contribution in [3.63, 3.8) is 0 Å². The van der Waals surface area contributed by atoms with E-state index in [0.717, 1.165) is 5.69 Å². The molecule has 1 aliphatic heterocycles. The minimum Gasteiger partial charge on any atom is -0.329 e. The number of rotatable bonds is 3. The first kappa shape index (κ1) is 14.0. The Bertz CT molecular complexity index is 441. The average Bonchev–Trinajstić information content (AvgIpc) is 2.39. The van der Waals surface area contributed by atoms with Crippen molar-refractivity contribution in [1.29, 1.82) is 0 Å². The van der Waals surface area contributed by atoms with Crippen LogP contribution in [0.1, 0.15) is 25.3 Å². The first-order valence-corrected chi connectivity index (χ1v) is 6.83. The first-order valence-electron chi connectivity index (χ1n) is 6.83. The van der Waals surface area contributed by atoms with Gasteiger partial charge in [-0.3, -0.25) is 9.69 Å². The van der Waals surface area contributed by atoms with E-state index in [1.807, 2.05) is 29.0 Å². The molecular formula is C15H23N3O. The molecule has 1 heterocycles. The molecule has 0 radical (unpaired) electrons. The second-order valence-corrected chi connectivity index (χ2v) is 5.56. The molecule has 1 aromatic carbocycles. The van der Waals surface area contributed by atoms with Gasteiger partial charge in [-0.05, 0) is 30.7 Å². The first-order chi connectivity index (χ1) is 9.02. The van der Waals surface area contributed by atoms with Crippen LogP contribution in [0.4, 0.5) is 5.69 Å². The maximum atomic E-state index is 12.1. The third-order valence-corrected chi connectivity index (χ3v) is 3.85. The number of carbonyl (C=O) groups excluding carboxylic acids is 1. The molecule has 1 aliphatic rings. The van der Waals surface area contributed by atoms with Gasteiger partial charge >= 0.3 is 0 Å². The topological polar surface area (TPSA) is 49.6 Å². The molecule has 1 saturated heterocycles. The number of carbonyl (C=O) groups is 1. The van der Waals surface area contributed by atoms with Gasteiger partial charge < -0.3 is 10.6 Å². The van der Waals surface area contributed by atoms with Crippen LogP contribution in [-0.4, -0.2) is 43.5 Å². The van der Waals surface area contributed by atoms with Gasteiger partial charge in [0.25, 0.3) is 0 Å². The molecule has 0 saturated carbocycles. The Balaban J connectivity index is 2.18. The summed E-state index contributed by atoms with van der Waals surface area (Å²) >= 11 is 0. The zero-order valence-electron chi connectivity index (χ0n) is 12.0. The molecule has 104 valence electrons. The van der Waals surface area contributed by atoms with Crippen molar-refractivity contribution < 1.29 is 4.79 Å². The third-order valence-electron chi connectivity index (χ3n) is 3.85. The smallest absolute Gasteiger partial charge is 0.241 e. The van der Waals surface area contributed by atoms with Crippen molar-refractivity contribution in [2.24, 2.45) is 5.73 Å². The Morgan fingerprint density at radius 2 is 1.95 bits per heavy atom. The molecule has 0 aromatic heterocycles. The standard InChI is InChI=1S/C15H23N3O/c1-11(2)12-4-6-13(7-5-12)18-9-14(8-16)17(3)10-15(18)19/h4-7,11,14H,8-10,16H2,1-3H3. The molecule has 4 heteroatoms. The van der Waals surface area contributed by atoms with Crippen LogP contribution >= 0.6 is 0 Å². The van der Waals surface area contributed by atoms with Crippen LogP contribution in [0.5, 0.6) is 0 Å². The Morgan fingerprint density at radius 3 is 2.47 bits per heavy atom. The molecule has 0 bridgehead atoms. The van der Waals surface area contributed by atoms with Gasteiger partial charge in [0.1, 0.15) is 0 Å². The summed E-state index contributed by atoms with van der Waals surface area (Å²) in [5, 5.41) is 0. The average molecular weight is 261 g/mol. The van der Waals surface area contributed by atoms with Gasteiger partial charge in [-0.1, -0.05) is 26.0 Å². The van der Waals surface area contributed by atoms with Gasteiger partial charge in [-0.25, -0.2) is 0 Å². The number of benzene rings is 1. The summed E-state index contributed by atoms with van der Waals surface area (Å²) in [5.41, 5.74) is 8.03. The summed E-state index contributed by atoms with van der Waals surface area (Å²) in [5.74, 6) is 0.651. The predicted octanol–water partition coefficient (Wildman–Crippen LogP) is 1.42. The van der Waals surface area contributed by atoms with E-state index in [9.17, 15) is 4.79 Å². The molecule has 0 aliphatic carbocycles. The summed E-state index contributed by atoms with van der Waals surface area (Å²) in [4.78, 5) is 16.0. The number of nitrogens with zero attached hydrogens (tertiary/aromatic N) is 2. The number of nitrogens with two attached hydrogens (primary N) is 1. The van der Waals surface area contributed by atoms with Crippen LogP contribution in [0, 0.1) is 0 Å².